The zero-order valence-corrected chi connectivity index (χ0v) is 21.0. The van der Waals surface area contributed by atoms with E-state index in [1.807, 2.05) is 0 Å². The third kappa shape index (κ3) is 6.50. The highest BCUT2D eigenvalue weighted by atomic mass is 32.2. The van der Waals surface area contributed by atoms with Gasteiger partial charge in [-0.2, -0.15) is 9.41 Å². The SMILES string of the molecule is COc1cc(/C=N/NC(=O)CNC(=O)c2ccc(S(=O)(=O)N3CCOCC3)cc2)cc(OC)c1OC. The third-order valence-electron chi connectivity index (χ3n) is 5.22. The van der Waals surface area contributed by atoms with E-state index in [0.717, 1.165) is 0 Å². The molecule has 2 aromatic carbocycles. The van der Waals surface area contributed by atoms with Gasteiger partial charge in [-0.1, -0.05) is 0 Å². The fourth-order valence-electron chi connectivity index (χ4n) is 3.37. The normalized spacial score (nSPS) is 14.3. The highest BCUT2D eigenvalue weighted by Crippen LogP contribution is 2.37. The number of ether oxygens (including phenoxy) is 4. The van der Waals surface area contributed by atoms with Gasteiger partial charge >= 0.3 is 0 Å². The summed E-state index contributed by atoms with van der Waals surface area (Å²) >= 11 is 0. The Bertz CT molecular complexity index is 1180. The van der Waals surface area contributed by atoms with Crippen molar-refractivity contribution in [1.82, 2.24) is 15.0 Å². The molecular formula is C23H28N4O8S. The summed E-state index contributed by atoms with van der Waals surface area (Å²) in [6.07, 6.45) is 1.39. The van der Waals surface area contributed by atoms with Crippen molar-refractivity contribution in [2.24, 2.45) is 5.10 Å². The van der Waals surface area contributed by atoms with Crippen LogP contribution in [0.1, 0.15) is 15.9 Å². The minimum Gasteiger partial charge on any atom is -0.493 e. The molecule has 0 bridgehead atoms. The van der Waals surface area contributed by atoms with E-state index in [2.05, 4.69) is 15.8 Å². The first kappa shape index (κ1) is 26.9. The van der Waals surface area contributed by atoms with Crippen LogP contribution in [0, 0.1) is 0 Å². The molecule has 0 spiro atoms. The summed E-state index contributed by atoms with van der Waals surface area (Å²) in [6, 6.07) is 8.82. The first-order valence-corrected chi connectivity index (χ1v) is 12.3. The van der Waals surface area contributed by atoms with Gasteiger partial charge in [0.25, 0.3) is 11.8 Å². The molecule has 0 atom stereocenters. The Morgan fingerprint density at radius 3 is 2.19 bits per heavy atom. The van der Waals surface area contributed by atoms with Gasteiger partial charge in [-0.25, -0.2) is 13.8 Å². The smallest absolute Gasteiger partial charge is 0.259 e. The summed E-state index contributed by atoms with van der Waals surface area (Å²) in [4.78, 5) is 24.5. The molecule has 3 rings (SSSR count). The maximum Gasteiger partial charge on any atom is 0.259 e. The number of methoxy groups -OCH3 is 3. The lowest BCUT2D eigenvalue weighted by Gasteiger charge is -2.26. The third-order valence-corrected chi connectivity index (χ3v) is 7.14. The number of morpholine rings is 1. The number of hydrogen-bond acceptors (Lipinski definition) is 9. The lowest BCUT2D eigenvalue weighted by molar-refractivity contribution is -0.120. The van der Waals surface area contributed by atoms with Crippen LogP contribution in [0.3, 0.4) is 0 Å². The van der Waals surface area contributed by atoms with E-state index in [-0.39, 0.29) is 30.1 Å². The van der Waals surface area contributed by atoms with Crippen LogP contribution in [-0.4, -0.2) is 84.9 Å². The van der Waals surface area contributed by atoms with Crippen molar-refractivity contribution in [3.8, 4) is 17.2 Å². The highest BCUT2D eigenvalue weighted by molar-refractivity contribution is 7.89. The van der Waals surface area contributed by atoms with E-state index in [4.69, 9.17) is 18.9 Å². The number of benzene rings is 2. The zero-order valence-electron chi connectivity index (χ0n) is 20.1. The molecule has 12 nitrogen and oxygen atoms in total. The fourth-order valence-corrected chi connectivity index (χ4v) is 4.78. The summed E-state index contributed by atoms with van der Waals surface area (Å²) < 4.78 is 47.7. The van der Waals surface area contributed by atoms with Gasteiger partial charge in [0.1, 0.15) is 0 Å². The number of amides is 2. The van der Waals surface area contributed by atoms with Gasteiger partial charge in [0.2, 0.25) is 15.8 Å². The Labute approximate surface area is 209 Å². The van der Waals surface area contributed by atoms with E-state index in [0.29, 0.717) is 36.0 Å². The molecule has 1 aliphatic heterocycles. The van der Waals surface area contributed by atoms with Gasteiger partial charge in [0, 0.05) is 24.2 Å². The molecule has 2 aromatic rings. The van der Waals surface area contributed by atoms with E-state index in [9.17, 15) is 18.0 Å². The molecule has 1 aliphatic rings. The lowest BCUT2D eigenvalue weighted by Crippen LogP contribution is -2.40. The number of carbonyl (C=O) groups excluding carboxylic acids is 2. The van der Waals surface area contributed by atoms with E-state index < -0.39 is 21.8 Å². The first-order valence-electron chi connectivity index (χ1n) is 10.9. The van der Waals surface area contributed by atoms with Crippen molar-refractivity contribution in [3.63, 3.8) is 0 Å². The van der Waals surface area contributed by atoms with E-state index in [1.54, 1.807) is 12.1 Å². The lowest BCUT2D eigenvalue weighted by atomic mass is 10.2. The molecule has 0 unspecified atom stereocenters. The maximum atomic E-state index is 12.7. The topological polar surface area (TPSA) is 145 Å². The molecular weight excluding hydrogens is 492 g/mol. The van der Waals surface area contributed by atoms with Crippen LogP contribution in [0.15, 0.2) is 46.4 Å². The van der Waals surface area contributed by atoms with Crippen LogP contribution in [0.25, 0.3) is 0 Å². The number of nitrogens with zero attached hydrogens (tertiary/aromatic N) is 2. The average molecular weight is 521 g/mol. The van der Waals surface area contributed by atoms with Crippen molar-refractivity contribution in [1.29, 1.82) is 0 Å². The predicted molar refractivity (Wildman–Crippen MR) is 130 cm³/mol. The standard InChI is InChI=1S/C23H28N4O8S/c1-32-19-12-16(13-20(33-2)22(19)34-3)14-25-26-21(28)15-24-23(29)17-4-6-18(7-5-17)36(30,31)27-8-10-35-11-9-27/h4-7,12-14H,8-11,15H2,1-3H3,(H,24,29)(H,26,28)/b25-14+. The van der Waals surface area contributed by atoms with Crippen LogP contribution < -0.4 is 25.0 Å². The number of hydrazone groups is 1. The zero-order chi connectivity index (χ0) is 26.1. The maximum absolute atomic E-state index is 12.7. The minimum atomic E-state index is -3.66. The van der Waals surface area contributed by atoms with E-state index in [1.165, 1.54) is 56.1 Å². The number of hydrogen-bond donors (Lipinski definition) is 2. The van der Waals surface area contributed by atoms with Crippen molar-refractivity contribution in [3.05, 3.63) is 47.5 Å². The second-order valence-corrected chi connectivity index (χ2v) is 9.41. The van der Waals surface area contributed by atoms with Crippen LogP contribution in [0.2, 0.25) is 0 Å². The predicted octanol–water partition coefficient (Wildman–Crippen LogP) is 0.613. The summed E-state index contributed by atoms with van der Waals surface area (Å²) in [5.74, 6) is 0.199. The first-order chi connectivity index (χ1) is 17.3. The molecule has 0 saturated carbocycles. The molecule has 1 fully saturated rings. The summed E-state index contributed by atoms with van der Waals surface area (Å²) in [6.45, 7) is 0.908. The average Bonchev–Trinajstić information content (AvgIpc) is 2.91. The van der Waals surface area contributed by atoms with Crippen LogP contribution in [0.5, 0.6) is 17.2 Å². The van der Waals surface area contributed by atoms with Crippen LogP contribution in [0.4, 0.5) is 0 Å². The summed E-state index contributed by atoms with van der Waals surface area (Å²) in [7, 11) is 0.804. The number of nitrogens with one attached hydrogen (secondary N) is 2. The Morgan fingerprint density at radius 2 is 1.64 bits per heavy atom. The van der Waals surface area contributed by atoms with Crippen molar-refractivity contribution < 1.29 is 37.0 Å². The van der Waals surface area contributed by atoms with Crippen LogP contribution in [-0.2, 0) is 19.6 Å². The summed E-state index contributed by atoms with van der Waals surface area (Å²) in [5, 5.41) is 6.34. The van der Waals surface area contributed by atoms with Gasteiger partial charge in [-0.15, -0.1) is 0 Å². The molecule has 0 aliphatic carbocycles. The molecule has 36 heavy (non-hydrogen) atoms. The minimum absolute atomic E-state index is 0.0832. The van der Waals surface area contributed by atoms with Crippen molar-refractivity contribution >= 4 is 28.1 Å². The van der Waals surface area contributed by atoms with Gasteiger partial charge in [0.05, 0.1) is 52.2 Å². The van der Waals surface area contributed by atoms with Gasteiger partial charge in [-0.05, 0) is 36.4 Å². The number of sulfonamides is 1. The molecule has 2 N–H and O–H groups in total. The molecule has 0 aromatic heterocycles. The molecule has 0 radical (unpaired) electrons. The van der Waals surface area contributed by atoms with Gasteiger partial charge in [-0.3, -0.25) is 9.59 Å². The molecule has 1 saturated heterocycles. The number of carbonyl (C=O) groups is 2. The Hall–Kier alpha value is -3.68. The van der Waals surface area contributed by atoms with Gasteiger partial charge < -0.3 is 24.3 Å². The fraction of sp³-hybridized carbons (Fsp3) is 0.348. The monoisotopic (exact) mass is 520 g/mol. The van der Waals surface area contributed by atoms with Crippen molar-refractivity contribution in [2.75, 3.05) is 54.2 Å². The second-order valence-electron chi connectivity index (χ2n) is 7.48. The van der Waals surface area contributed by atoms with Gasteiger partial charge in [0.15, 0.2) is 11.5 Å². The Morgan fingerprint density at radius 1 is 1.03 bits per heavy atom. The Kier molecular flexibility index (Phi) is 9.22. The molecule has 1 heterocycles. The molecule has 13 heteroatoms. The molecule has 194 valence electrons. The van der Waals surface area contributed by atoms with E-state index >= 15 is 0 Å². The van der Waals surface area contributed by atoms with Crippen molar-refractivity contribution in [2.45, 2.75) is 4.90 Å². The van der Waals surface area contributed by atoms with Crippen LogP contribution >= 0.6 is 0 Å². The largest absolute Gasteiger partial charge is 0.493 e. The summed E-state index contributed by atoms with van der Waals surface area (Å²) in [5.41, 5.74) is 3.11. The quantitative estimate of drug-likeness (QED) is 0.343. The Balaban J connectivity index is 1.53. The number of rotatable bonds is 10. The highest BCUT2D eigenvalue weighted by Gasteiger charge is 2.26. The second kappa shape index (κ2) is 12.3. The molecule has 2 amide bonds.